The Hall–Kier alpha value is -10.2. The molecule has 7 amide bonds. The van der Waals surface area contributed by atoms with Crippen molar-refractivity contribution in [1.29, 1.82) is 0 Å². The van der Waals surface area contributed by atoms with Gasteiger partial charge in [-0.3, -0.25) is 33.6 Å². The summed E-state index contributed by atoms with van der Waals surface area (Å²) in [5, 5.41) is 107. The summed E-state index contributed by atoms with van der Waals surface area (Å²) < 4.78 is 0. The number of carbonyl (C=O) groups is 7. The highest BCUT2D eigenvalue weighted by Crippen LogP contribution is 2.33. The summed E-state index contributed by atoms with van der Waals surface area (Å²) in [5.74, 6) is -2.43. The second-order valence-electron chi connectivity index (χ2n) is 24.6. The van der Waals surface area contributed by atoms with Gasteiger partial charge in [0, 0.05) is 19.1 Å². The van der Waals surface area contributed by atoms with Gasteiger partial charge >= 0.3 is 0 Å². The van der Waals surface area contributed by atoms with Crippen LogP contribution < -0.4 is 63.8 Å². The third-order valence-electron chi connectivity index (χ3n) is 17.9. The summed E-state index contributed by atoms with van der Waals surface area (Å²) in [6.07, 6.45) is 0. The van der Waals surface area contributed by atoms with Gasteiger partial charge in [-0.15, -0.1) is 0 Å². The van der Waals surface area contributed by atoms with Gasteiger partial charge in [0.2, 0.25) is 11.1 Å². The Morgan fingerprint density at radius 2 is 0.717 bits per heavy atom. The highest BCUT2D eigenvalue weighted by Gasteiger charge is 2.55. The molecule has 572 valence electrons. The predicted molar refractivity (Wildman–Crippen MR) is 393 cm³/mol. The minimum Gasteiger partial charge on any atom is -0.399 e. The van der Waals surface area contributed by atoms with Crippen molar-refractivity contribution in [2.24, 2.45) is 46.0 Å². The van der Waals surface area contributed by atoms with Gasteiger partial charge in [0.05, 0.1) is 79.2 Å². The fourth-order valence-corrected chi connectivity index (χ4v) is 10.4. The molecule has 4 aromatic carbocycles. The van der Waals surface area contributed by atoms with Crippen LogP contribution in [0.2, 0.25) is 10.0 Å². The number of amides is 7. The molecule has 106 heavy (non-hydrogen) atoms. The summed E-state index contributed by atoms with van der Waals surface area (Å²) in [7, 11) is 5.79. The molecule has 15 N–H and O–H groups in total. The number of hydrazone groups is 7. The molecule has 0 spiro atoms. The van der Waals surface area contributed by atoms with E-state index >= 15 is 0 Å². The molecule has 0 saturated heterocycles. The number of benzene rings is 4. The predicted octanol–water partition coefficient (Wildman–Crippen LogP) is 4.27. The first-order valence-corrected chi connectivity index (χ1v) is 32.3. The third-order valence-corrected chi connectivity index (χ3v) is 18.5. The number of nitrogens with zero attached hydrogens (tertiary/aromatic N) is 15. The normalized spacial score (nSPS) is 25.9. The first-order chi connectivity index (χ1) is 49.8. The molecule has 0 aromatic heterocycles. The molecule has 4 aromatic rings. The van der Waals surface area contributed by atoms with Gasteiger partial charge in [0.25, 0.3) is 41.4 Å². The first-order valence-electron chi connectivity index (χ1n) is 31.6. The van der Waals surface area contributed by atoms with Crippen LogP contribution in [-0.2, 0) is 43.2 Å². The molecule has 7 aliphatic rings. The average molecular weight is 1520 g/mol. The lowest BCUT2D eigenvalue weighted by Crippen LogP contribution is -2.61. The van der Waals surface area contributed by atoms with Gasteiger partial charge < -0.3 is 46.1 Å². The zero-order valence-corrected chi connectivity index (χ0v) is 62.7. The molecule has 41 heteroatoms. The number of halogens is 2. The average Bonchev–Trinajstić information content (AvgIpc) is 1.40. The summed E-state index contributed by atoms with van der Waals surface area (Å²) in [5.41, 5.74) is 14.0. The minimum absolute atomic E-state index is 0.252. The van der Waals surface area contributed by atoms with E-state index in [9.17, 15) is 38.8 Å². The molecule has 39 nitrogen and oxygen atoms in total. The van der Waals surface area contributed by atoms with Crippen molar-refractivity contribution >= 4 is 139 Å². The van der Waals surface area contributed by atoms with Gasteiger partial charge in [-0.2, -0.15) is 94.1 Å². The Labute approximate surface area is 618 Å². The zero-order chi connectivity index (χ0) is 79.8. The molecular weight excluding hydrogens is 1430 g/mol. The van der Waals surface area contributed by atoms with Crippen LogP contribution in [0.4, 0.5) is 22.7 Å². The molecule has 0 radical (unpaired) electrons. The van der Waals surface area contributed by atoms with E-state index in [1.54, 1.807) is 189 Å². The number of hydrogen-bond acceptors (Lipinski definition) is 32. The van der Waals surface area contributed by atoms with Gasteiger partial charge in [-0.1, -0.05) is 82.0 Å². The highest BCUT2D eigenvalue weighted by molar-refractivity contribution is 6.37. The maximum absolute atomic E-state index is 12.6. The number of likely N-dealkylation sites (N-methyl/N-ethyl adjacent to an activating group) is 2. The molecule has 0 aliphatic carbocycles. The van der Waals surface area contributed by atoms with Crippen LogP contribution in [0, 0.1) is 0 Å². The van der Waals surface area contributed by atoms with E-state index in [1.165, 1.54) is 46.3 Å². The van der Waals surface area contributed by atoms with Crippen molar-refractivity contribution in [2.75, 3.05) is 48.4 Å². The Kier molecular flexibility index (Phi) is 29.2. The van der Waals surface area contributed by atoms with Crippen molar-refractivity contribution in [1.82, 2.24) is 53.8 Å². The Bertz CT molecular complexity index is 4230. The van der Waals surface area contributed by atoms with Crippen LogP contribution in [0.15, 0.2) is 155 Å². The summed E-state index contributed by atoms with van der Waals surface area (Å²) >= 11 is 11.8. The van der Waals surface area contributed by atoms with E-state index in [4.69, 9.17) is 59.3 Å². The van der Waals surface area contributed by atoms with Gasteiger partial charge in [0.1, 0.15) is 14.2 Å². The number of para-hydroxylation sites is 3. The summed E-state index contributed by atoms with van der Waals surface area (Å²) in [6, 6.07) is 31.7. The number of carbonyl (C=O) groups excluding carboxylic acids is 7. The lowest BCUT2D eigenvalue weighted by molar-refractivity contribution is -0.135. The summed E-state index contributed by atoms with van der Waals surface area (Å²) in [6.45, 7) is 22.7. The quantitative estimate of drug-likeness (QED) is 0.0583. The number of oxime groups is 2. The fraction of sp³-hybridized carbons (Fsp3) is 0.385. The second kappa shape index (κ2) is 35.7. The first kappa shape index (κ1) is 86.5. The lowest BCUT2D eigenvalue weighted by atomic mass is 9.90. The van der Waals surface area contributed by atoms with Crippen LogP contribution in [0.5, 0.6) is 0 Å². The van der Waals surface area contributed by atoms with Crippen molar-refractivity contribution < 1.29 is 79.7 Å². The van der Waals surface area contributed by atoms with Gasteiger partial charge in [0.15, 0.2) is 27.7 Å². The smallest absolute Gasteiger partial charge is 0.281 e. The summed E-state index contributed by atoms with van der Waals surface area (Å²) in [4.78, 5) is 92.2. The van der Waals surface area contributed by atoms with Gasteiger partial charge in [-0.05, 0) is 158 Å². The zero-order valence-electron chi connectivity index (χ0n) is 61.2. The van der Waals surface area contributed by atoms with Gasteiger partial charge in [-0.25, -0.2) is 15.4 Å². The molecule has 0 saturated carbocycles. The standard InChI is InChI=1S/C13H16N4O3.2C11H12ClN3O2.C11H13N3O2.C8H14N4O3.C6H11N3O2.C5H9N3O2/c1-9-13(16-19,10(2)15-20-3)12(18)17(14-9)11-7-5-4-6-8-11;1-7-11(2,14-17)10(16)15(13-7)9-5-3-8(12)4-6-9;1-7-11(2,14-17)10(16)15(13-7)9-6-4-3-5-8(9)12;1-8-11(2,13-16)10(15)14(12-8)9-6-4-3-5-7-9;1-5-8(11-14,6(2)10-15-4)7(13)12(3)9-5;1-4-6(2,8-11)5(10)9(3)7-4;1-3-5(2,8-10)4(9)7-6-3/h4-8,16,19H,1-3H3;2*3-6,14,17H,1-2H3;3-7,13,16H,1-2H3;11,14H,1-4H3;8,11H,1-3H3;8,10H,1-2H3,(H,7,9)/b15-10+;;;;10-6+;;. The van der Waals surface area contributed by atoms with E-state index < -0.39 is 50.6 Å². The largest absolute Gasteiger partial charge is 0.399 e. The van der Waals surface area contributed by atoms with E-state index in [2.05, 4.69) is 56.3 Å². The van der Waals surface area contributed by atoms with Crippen LogP contribution in [0.1, 0.15) is 96.9 Å². The lowest BCUT2D eigenvalue weighted by Gasteiger charge is -2.25. The second-order valence-corrected chi connectivity index (χ2v) is 25.4. The molecule has 0 fully saturated rings. The maximum Gasteiger partial charge on any atom is 0.281 e. The van der Waals surface area contributed by atoms with Crippen molar-refractivity contribution in [2.45, 2.75) is 136 Å². The van der Waals surface area contributed by atoms with Crippen LogP contribution >= 0.6 is 23.2 Å². The molecule has 7 aliphatic heterocycles. The van der Waals surface area contributed by atoms with Crippen molar-refractivity contribution in [3.05, 3.63) is 119 Å². The Morgan fingerprint density at radius 1 is 0.396 bits per heavy atom. The van der Waals surface area contributed by atoms with Crippen molar-refractivity contribution in [3.63, 3.8) is 0 Å². The number of anilines is 4. The number of hydroxylamine groups is 7. The van der Waals surface area contributed by atoms with E-state index in [0.717, 1.165) is 5.01 Å². The highest BCUT2D eigenvalue weighted by atomic mass is 35.5. The van der Waals surface area contributed by atoms with Crippen molar-refractivity contribution in [3.8, 4) is 0 Å². The SMILES string of the molecule is CC1=NN(C)C(=O)C1(C)NO.CC1=NN(c2ccc(Cl)cc2)C(=O)C1(C)NO.CC1=NN(c2ccccc2)C(=O)C1(C)NO.CC1=NN(c2ccccc2Cl)C(=O)C1(C)NO.CC1=NNC(=O)C1(C)NO.CO/N=C(\C)C1(NO)C(=O)N(C)N=C1C.CO/N=C(\C)C1(NO)C(=O)N(c2ccccc2)N=C1C. The fourth-order valence-electron chi connectivity index (χ4n) is 10.0. The van der Waals surface area contributed by atoms with E-state index in [-0.39, 0.29) is 35.2 Å². The molecule has 7 unspecified atom stereocenters. The molecule has 7 heterocycles. The Morgan fingerprint density at radius 3 is 1.04 bits per heavy atom. The maximum atomic E-state index is 12.6. The number of hydrogen-bond donors (Lipinski definition) is 15. The molecule has 11 rings (SSSR count). The van der Waals surface area contributed by atoms with Crippen LogP contribution in [0.25, 0.3) is 0 Å². The Balaban J connectivity index is 0.000000224. The van der Waals surface area contributed by atoms with E-state index in [0.29, 0.717) is 78.5 Å². The van der Waals surface area contributed by atoms with Crippen LogP contribution in [-0.4, -0.2) is 206 Å². The van der Waals surface area contributed by atoms with Crippen LogP contribution in [0.3, 0.4) is 0 Å². The third kappa shape index (κ3) is 16.9. The monoisotopic (exact) mass is 1520 g/mol. The number of rotatable bonds is 15. The molecule has 0 bridgehead atoms. The number of nitrogens with one attached hydrogen (secondary N) is 8. The van der Waals surface area contributed by atoms with E-state index in [1.807, 2.05) is 62.6 Å². The topological polar surface area (TPSA) is 506 Å². The minimum atomic E-state index is -1.49. The molecular formula is C65H87Cl2N23O16. The molecule has 7 atom stereocenters.